The Kier molecular flexibility index (Phi) is 5.11. The van der Waals surface area contributed by atoms with Gasteiger partial charge in [-0.3, -0.25) is 4.79 Å². The number of rotatable bonds is 6. The number of hydrogen-bond acceptors (Lipinski definition) is 5. The van der Waals surface area contributed by atoms with Gasteiger partial charge < -0.3 is 18.9 Å². The second kappa shape index (κ2) is 7.68. The van der Waals surface area contributed by atoms with Crippen molar-refractivity contribution >= 4 is 5.91 Å². The van der Waals surface area contributed by atoms with Crippen molar-refractivity contribution in [2.24, 2.45) is 0 Å². The van der Waals surface area contributed by atoms with Gasteiger partial charge in [0.1, 0.15) is 18.2 Å². The molecule has 2 atom stereocenters. The van der Waals surface area contributed by atoms with E-state index in [0.29, 0.717) is 13.0 Å². The Morgan fingerprint density at radius 1 is 1.15 bits per heavy atom. The highest BCUT2D eigenvalue weighted by atomic mass is 16.5. The summed E-state index contributed by atoms with van der Waals surface area (Å²) >= 11 is 0. The van der Waals surface area contributed by atoms with Gasteiger partial charge in [-0.25, -0.2) is 0 Å². The summed E-state index contributed by atoms with van der Waals surface area (Å²) < 4.78 is 12.6. The molecule has 2 aromatic rings. The maximum Gasteiger partial charge on any atom is 0.223 e. The Labute approximate surface area is 159 Å². The highest BCUT2D eigenvalue weighted by Gasteiger charge is 2.40. The van der Waals surface area contributed by atoms with Crippen molar-refractivity contribution in [3.8, 4) is 5.75 Å². The molecule has 27 heavy (non-hydrogen) atoms. The number of methoxy groups -OCH3 is 2. The number of benzene rings is 1. The van der Waals surface area contributed by atoms with Crippen molar-refractivity contribution in [3.05, 3.63) is 41.5 Å². The van der Waals surface area contributed by atoms with E-state index >= 15 is 0 Å². The average Bonchev–Trinajstić information content (AvgIpc) is 3.19. The van der Waals surface area contributed by atoms with Crippen LogP contribution in [0.3, 0.4) is 0 Å². The molecule has 2 unspecified atom stereocenters. The number of aromatic nitrogens is 3. The minimum absolute atomic E-state index is 0.228. The number of hydrogen-bond donors (Lipinski definition) is 0. The predicted octanol–water partition coefficient (Wildman–Crippen LogP) is 1.98. The Bertz CT molecular complexity index is 802. The molecule has 1 amide bonds. The molecule has 1 aromatic heterocycles. The molecule has 4 rings (SSSR count). The lowest BCUT2D eigenvalue weighted by atomic mass is 10.1. The van der Waals surface area contributed by atoms with Crippen LogP contribution in [0.4, 0.5) is 0 Å². The van der Waals surface area contributed by atoms with E-state index in [0.717, 1.165) is 55.2 Å². The molecule has 2 aliphatic rings. The first-order valence-electron chi connectivity index (χ1n) is 9.53. The van der Waals surface area contributed by atoms with E-state index in [1.807, 2.05) is 24.3 Å². The second-order valence-electron chi connectivity index (χ2n) is 7.31. The Morgan fingerprint density at radius 2 is 1.93 bits per heavy atom. The van der Waals surface area contributed by atoms with Gasteiger partial charge in [0.15, 0.2) is 5.82 Å². The number of carbonyl (C=O) groups excluding carboxylic acids is 1. The molecule has 1 saturated heterocycles. The SMILES string of the molecule is COCc1nnc2n1CC1CCC(C2)N1C(=O)CCc1ccc(OC)cc1. The zero-order chi connectivity index (χ0) is 18.8. The van der Waals surface area contributed by atoms with Gasteiger partial charge in [0.2, 0.25) is 5.91 Å². The number of ether oxygens (including phenoxy) is 2. The molecular weight excluding hydrogens is 344 g/mol. The molecule has 2 aliphatic heterocycles. The summed E-state index contributed by atoms with van der Waals surface area (Å²) in [6, 6.07) is 8.41. The first kappa shape index (κ1) is 18.0. The van der Waals surface area contributed by atoms with Crippen LogP contribution in [-0.4, -0.2) is 51.9 Å². The van der Waals surface area contributed by atoms with Gasteiger partial charge in [-0.1, -0.05) is 12.1 Å². The van der Waals surface area contributed by atoms with Gasteiger partial charge in [0, 0.05) is 32.5 Å². The van der Waals surface area contributed by atoms with Crippen molar-refractivity contribution < 1.29 is 14.3 Å². The molecule has 0 radical (unpaired) electrons. The predicted molar refractivity (Wildman–Crippen MR) is 99.4 cm³/mol. The number of carbonyl (C=O) groups is 1. The van der Waals surface area contributed by atoms with Crippen molar-refractivity contribution in [3.63, 3.8) is 0 Å². The van der Waals surface area contributed by atoms with E-state index in [1.54, 1.807) is 14.2 Å². The van der Waals surface area contributed by atoms with Gasteiger partial charge in [0.05, 0.1) is 13.2 Å². The highest BCUT2D eigenvalue weighted by molar-refractivity contribution is 5.77. The lowest BCUT2D eigenvalue weighted by molar-refractivity contribution is -0.134. The second-order valence-corrected chi connectivity index (χ2v) is 7.31. The molecular formula is C20H26N4O3. The normalized spacial score (nSPS) is 21.0. The van der Waals surface area contributed by atoms with E-state index in [4.69, 9.17) is 9.47 Å². The van der Waals surface area contributed by atoms with Crippen LogP contribution in [0.1, 0.15) is 36.5 Å². The fourth-order valence-corrected chi connectivity index (χ4v) is 4.31. The average molecular weight is 370 g/mol. The topological polar surface area (TPSA) is 69.5 Å². The van der Waals surface area contributed by atoms with Crippen LogP contribution in [0.5, 0.6) is 5.75 Å². The quantitative estimate of drug-likeness (QED) is 0.778. The maximum absolute atomic E-state index is 13.0. The number of nitrogens with zero attached hydrogens (tertiary/aromatic N) is 4. The molecule has 1 fully saturated rings. The van der Waals surface area contributed by atoms with Crippen molar-refractivity contribution in [1.29, 1.82) is 0 Å². The van der Waals surface area contributed by atoms with Gasteiger partial charge in [0.25, 0.3) is 0 Å². The number of fused-ring (bicyclic) bond motifs is 3. The van der Waals surface area contributed by atoms with Gasteiger partial charge >= 0.3 is 0 Å². The molecule has 144 valence electrons. The molecule has 0 aliphatic carbocycles. The van der Waals surface area contributed by atoms with Gasteiger partial charge in [-0.2, -0.15) is 0 Å². The summed E-state index contributed by atoms with van der Waals surface area (Å²) in [5.74, 6) is 2.91. The van der Waals surface area contributed by atoms with Crippen molar-refractivity contribution in [2.75, 3.05) is 14.2 Å². The summed E-state index contributed by atoms with van der Waals surface area (Å²) in [6.07, 6.45) is 4.15. The molecule has 0 saturated carbocycles. The third kappa shape index (κ3) is 3.56. The zero-order valence-corrected chi connectivity index (χ0v) is 15.9. The van der Waals surface area contributed by atoms with Gasteiger partial charge in [-0.15, -0.1) is 10.2 Å². The van der Waals surface area contributed by atoms with Crippen LogP contribution in [0.2, 0.25) is 0 Å². The lowest BCUT2D eigenvalue weighted by Gasteiger charge is -2.28. The van der Waals surface area contributed by atoms with Crippen LogP contribution in [0, 0.1) is 0 Å². The molecule has 7 heteroatoms. The van der Waals surface area contributed by atoms with E-state index in [-0.39, 0.29) is 18.0 Å². The van der Waals surface area contributed by atoms with E-state index in [1.165, 1.54) is 0 Å². The molecule has 1 aromatic carbocycles. The van der Waals surface area contributed by atoms with E-state index in [9.17, 15) is 4.79 Å². The Hall–Kier alpha value is -2.41. The zero-order valence-electron chi connectivity index (χ0n) is 15.9. The number of aryl methyl sites for hydroxylation is 1. The smallest absolute Gasteiger partial charge is 0.223 e. The maximum atomic E-state index is 13.0. The summed E-state index contributed by atoms with van der Waals surface area (Å²) in [6.45, 7) is 1.22. The van der Waals surface area contributed by atoms with Gasteiger partial charge in [-0.05, 0) is 37.0 Å². The molecule has 2 bridgehead atoms. The third-order valence-corrected chi connectivity index (χ3v) is 5.68. The van der Waals surface area contributed by atoms with Crippen LogP contribution >= 0.6 is 0 Å². The summed E-state index contributed by atoms with van der Waals surface area (Å²) in [4.78, 5) is 15.1. The first-order chi connectivity index (χ1) is 13.2. The molecule has 0 N–H and O–H groups in total. The molecule has 3 heterocycles. The third-order valence-electron chi connectivity index (χ3n) is 5.68. The Balaban J connectivity index is 1.43. The van der Waals surface area contributed by atoms with E-state index < -0.39 is 0 Å². The lowest BCUT2D eigenvalue weighted by Crippen LogP contribution is -2.42. The minimum atomic E-state index is 0.228. The van der Waals surface area contributed by atoms with E-state index in [2.05, 4.69) is 19.7 Å². The summed E-state index contributed by atoms with van der Waals surface area (Å²) in [5, 5.41) is 8.60. The summed E-state index contributed by atoms with van der Waals surface area (Å²) in [7, 11) is 3.32. The van der Waals surface area contributed by atoms with Crippen LogP contribution in [0.25, 0.3) is 0 Å². The molecule has 0 spiro atoms. The van der Waals surface area contributed by atoms with Crippen molar-refractivity contribution in [2.45, 2.75) is 57.3 Å². The fourth-order valence-electron chi connectivity index (χ4n) is 4.31. The monoisotopic (exact) mass is 370 g/mol. The first-order valence-corrected chi connectivity index (χ1v) is 9.53. The minimum Gasteiger partial charge on any atom is -0.497 e. The standard InChI is InChI=1S/C20H26N4O3/c1-26-13-19-22-21-18-11-15-6-7-16(12-23(18)19)24(15)20(25)10-5-14-3-8-17(27-2)9-4-14/h3-4,8-9,15-16H,5-7,10-13H2,1-2H3. The number of amides is 1. The fraction of sp³-hybridized carbons (Fsp3) is 0.550. The summed E-state index contributed by atoms with van der Waals surface area (Å²) in [5.41, 5.74) is 1.16. The van der Waals surface area contributed by atoms with Crippen LogP contribution in [0.15, 0.2) is 24.3 Å². The van der Waals surface area contributed by atoms with Crippen molar-refractivity contribution in [1.82, 2.24) is 19.7 Å². The van der Waals surface area contributed by atoms with Crippen LogP contribution in [-0.2, 0) is 35.5 Å². The highest BCUT2D eigenvalue weighted by Crippen LogP contribution is 2.32. The molecule has 7 nitrogen and oxygen atoms in total. The van der Waals surface area contributed by atoms with Crippen LogP contribution < -0.4 is 4.74 Å². The Morgan fingerprint density at radius 3 is 2.67 bits per heavy atom. The largest absolute Gasteiger partial charge is 0.497 e.